The highest BCUT2D eigenvalue weighted by Gasteiger charge is 2.17. The molecule has 0 aliphatic heterocycles. The summed E-state index contributed by atoms with van der Waals surface area (Å²) in [7, 11) is 0. The van der Waals surface area contributed by atoms with Crippen molar-refractivity contribution in [1.82, 2.24) is 5.32 Å². The molecule has 132 valence electrons. The zero-order chi connectivity index (χ0) is 18.8. The number of nitrogens with one attached hydrogen (secondary N) is 2. The van der Waals surface area contributed by atoms with Crippen molar-refractivity contribution in [2.45, 2.75) is 40.2 Å². The first-order valence-corrected chi connectivity index (χ1v) is 8.45. The number of amides is 2. The Balaban J connectivity index is 2.24. The third kappa shape index (κ3) is 5.07. The molecule has 4 nitrogen and oxygen atoms in total. The van der Waals surface area contributed by atoms with E-state index in [-0.39, 0.29) is 17.4 Å². The number of rotatable bonds is 3. The second kappa shape index (κ2) is 7.28. The molecule has 2 rings (SSSR count). The number of anilines is 1. The molecule has 0 bridgehead atoms. The van der Waals surface area contributed by atoms with E-state index < -0.39 is 0 Å². The minimum atomic E-state index is -0.345. The maximum absolute atomic E-state index is 12.6. The van der Waals surface area contributed by atoms with E-state index in [1.54, 1.807) is 30.3 Å². The average Bonchev–Trinajstić information content (AvgIpc) is 2.49. The van der Waals surface area contributed by atoms with Gasteiger partial charge in [-0.1, -0.05) is 23.7 Å². The quantitative estimate of drug-likeness (QED) is 0.832. The van der Waals surface area contributed by atoms with E-state index in [0.717, 1.165) is 11.1 Å². The van der Waals surface area contributed by atoms with Crippen LogP contribution in [0, 0.1) is 13.8 Å². The Bertz CT molecular complexity index is 800. The van der Waals surface area contributed by atoms with Crippen molar-refractivity contribution in [3.8, 4) is 0 Å². The van der Waals surface area contributed by atoms with E-state index in [1.165, 1.54) is 0 Å². The smallest absolute Gasteiger partial charge is 0.255 e. The molecule has 0 aliphatic rings. The number of carbonyl (C=O) groups is 2. The van der Waals surface area contributed by atoms with Crippen LogP contribution in [0.1, 0.15) is 52.6 Å². The molecule has 0 unspecified atom stereocenters. The van der Waals surface area contributed by atoms with Crippen LogP contribution in [0.15, 0.2) is 36.4 Å². The van der Waals surface area contributed by atoms with Crippen LogP contribution >= 0.6 is 11.6 Å². The highest BCUT2D eigenvalue weighted by atomic mass is 35.5. The molecule has 2 aromatic carbocycles. The van der Waals surface area contributed by atoms with Gasteiger partial charge in [0.05, 0.1) is 10.7 Å². The van der Waals surface area contributed by atoms with Crippen LogP contribution in [0.25, 0.3) is 0 Å². The maximum atomic E-state index is 12.6. The molecule has 0 heterocycles. The van der Waals surface area contributed by atoms with E-state index in [9.17, 15) is 9.59 Å². The molecule has 0 radical (unpaired) electrons. The van der Waals surface area contributed by atoms with Gasteiger partial charge in [-0.3, -0.25) is 9.59 Å². The van der Waals surface area contributed by atoms with Gasteiger partial charge in [-0.05, 0) is 70.0 Å². The van der Waals surface area contributed by atoms with Gasteiger partial charge >= 0.3 is 0 Å². The van der Waals surface area contributed by atoms with Crippen molar-refractivity contribution in [1.29, 1.82) is 0 Å². The summed E-state index contributed by atoms with van der Waals surface area (Å²) in [6, 6.07) is 10.4. The van der Waals surface area contributed by atoms with Gasteiger partial charge in [0.1, 0.15) is 0 Å². The lowest BCUT2D eigenvalue weighted by molar-refractivity contribution is 0.0919. The fourth-order valence-corrected chi connectivity index (χ4v) is 2.84. The average molecular weight is 359 g/mol. The monoisotopic (exact) mass is 358 g/mol. The van der Waals surface area contributed by atoms with Crippen LogP contribution in [0.2, 0.25) is 5.02 Å². The van der Waals surface area contributed by atoms with Crippen LogP contribution in [-0.2, 0) is 0 Å². The first-order valence-electron chi connectivity index (χ1n) is 8.07. The molecule has 0 saturated heterocycles. The second-order valence-corrected chi connectivity index (χ2v) is 7.58. The van der Waals surface area contributed by atoms with Crippen molar-refractivity contribution < 1.29 is 9.59 Å². The fraction of sp³-hybridized carbons (Fsp3) is 0.300. The lowest BCUT2D eigenvalue weighted by atomic mass is 10.1. The van der Waals surface area contributed by atoms with Crippen molar-refractivity contribution in [3.05, 3.63) is 63.7 Å². The first-order chi connectivity index (χ1) is 11.6. The van der Waals surface area contributed by atoms with Gasteiger partial charge < -0.3 is 10.6 Å². The van der Waals surface area contributed by atoms with Crippen molar-refractivity contribution in [3.63, 3.8) is 0 Å². The third-order valence-electron chi connectivity index (χ3n) is 3.55. The molecule has 0 spiro atoms. The van der Waals surface area contributed by atoms with Gasteiger partial charge in [-0.2, -0.15) is 0 Å². The number of hydrogen-bond acceptors (Lipinski definition) is 2. The summed E-state index contributed by atoms with van der Waals surface area (Å²) in [5.41, 5.74) is 3.00. The van der Waals surface area contributed by atoms with E-state index in [4.69, 9.17) is 11.6 Å². The minimum Gasteiger partial charge on any atom is -0.347 e. The van der Waals surface area contributed by atoms with Crippen LogP contribution in [0.4, 0.5) is 5.69 Å². The molecule has 2 N–H and O–H groups in total. The zero-order valence-corrected chi connectivity index (χ0v) is 15.9. The molecular weight excluding hydrogens is 336 g/mol. The van der Waals surface area contributed by atoms with E-state index >= 15 is 0 Å². The summed E-state index contributed by atoms with van der Waals surface area (Å²) in [5, 5.41) is 6.21. The van der Waals surface area contributed by atoms with Gasteiger partial charge in [0.15, 0.2) is 0 Å². The summed E-state index contributed by atoms with van der Waals surface area (Å²) in [6.45, 7) is 9.56. The predicted molar refractivity (Wildman–Crippen MR) is 103 cm³/mol. The number of halogens is 1. The summed E-state index contributed by atoms with van der Waals surface area (Å²) in [4.78, 5) is 24.8. The first kappa shape index (κ1) is 19.0. The Kier molecular flexibility index (Phi) is 5.53. The lowest BCUT2D eigenvalue weighted by Crippen LogP contribution is -2.40. The maximum Gasteiger partial charge on any atom is 0.255 e. The molecule has 0 saturated carbocycles. The molecule has 2 amide bonds. The summed E-state index contributed by atoms with van der Waals surface area (Å²) in [5.74, 6) is -0.522. The number of carbonyl (C=O) groups excluding carboxylic acids is 2. The standard InChI is InChI=1S/C20H23ClN2O2/c1-12-9-13(2)17(16(21)10-12)22-18(24)14-7-6-8-15(11-14)19(25)23-20(3,4)5/h6-11H,1-5H3,(H,22,24)(H,23,25). The SMILES string of the molecule is Cc1cc(C)c(NC(=O)c2cccc(C(=O)NC(C)(C)C)c2)c(Cl)c1. The number of hydrogen-bond donors (Lipinski definition) is 2. The van der Waals surface area contributed by atoms with Crippen LogP contribution in [-0.4, -0.2) is 17.4 Å². The summed E-state index contributed by atoms with van der Waals surface area (Å²) >= 11 is 6.24. The molecule has 25 heavy (non-hydrogen) atoms. The summed E-state index contributed by atoms with van der Waals surface area (Å²) in [6.07, 6.45) is 0. The highest BCUT2D eigenvalue weighted by Crippen LogP contribution is 2.27. The Morgan fingerprint density at radius 2 is 1.56 bits per heavy atom. The molecule has 0 fully saturated rings. The topological polar surface area (TPSA) is 58.2 Å². The second-order valence-electron chi connectivity index (χ2n) is 7.18. The Hall–Kier alpha value is -2.33. The van der Waals surface area contributed by atoms with Crippen LogP contribution < -0.4 is 10.6 Å². The molecule has 0 aromatic heterocycles. The molecule has 2 aromatic rings. The van der Waals surface area contributed by atoms with Crippen LogP contribution in [0.3, 0.4) is 0 Å². The summed E-state index contributed by atoms with van der Waals surface area (Å²) < 4.78 is 0. The third-order valence-corrected chi connectivity index (χ3v) is 3.84. The van der Waals surface area contributed by atoms with Crippen molar-refractivity contribution in [2.24, 2.45) is 0 Å². The van der Waals surface area contributed by atoms with Crippen molar-refractivity contribution >= 4 is 29.1 Å². The van der Waals surface area contributed by atoms with Crippen LogP contribution in [0.5, 0.6) is 0 Å². The molecular formula is C20H23ClN2O2. The van der Waals surface area contributed by atoms with E-state index in [1.807, 2.05) is 40.7 Å². The van der Waals surface area contributed by atoms with Crippen molar-refractivity contribution in [2.75, 3.05) is 5.32 Å². The Morgan fingerprint density at radius 1 is 0.960 bits per heavy atom. The Labute approximate surface area is 153 Å². The minimum absolute atomic E-state index is 0.216. The largest absolute Gasteiger partial charge is 0.347 e. The molecule has 0 aliphatic carbocycles. The Morgan fingerprint density at radius 3 is 2.12 bits per heavy atom. The van der Waals surface area contributed by atoms with Gasteiger partial charge in [-0.15, -0.1) is 0 Å². The molecule has 5 heteroatoms. The van der Waals surface area contributed by atoms with Gasteiger partial charge in [-0.25, -0.2) is 0 Å². The molecule has 0 atom stereocenters. The fourth-order valence-electron chi connectivity index (χ4n) is 2.47. The number of benzene rings is 2. The van der Waals surface area contributed by atoms with E-state index in [2.05, 4.69) is 10.6 Å². The highest BCUT2D eigenvalue weighted by molar-refractivity contribution is 6.34. The normalized spacial score (nSPS) is 11.1. The predicted octanol–water partition coefficient (Wildman–Crippen LogP) is 4.74. The van der Waals surface area contributed by atoms with Gasteiger partial charge in [0.25, 0.3) is 11.8 Å². The van der Waals surface area contributed by atoms with Gasteiger partial charge in [0, 0.05) is 16.7 Å². The zero-order valence-electron chi connectivity index (χ0n) is 15.2. The lowest BCUT2D eigenvalue weighted by Gasteiger charge is -2.20. The number of aryl methyl sites for hydroxylation is 2. The van der Waals surface area contributed by atoms with E-state index in [0.29, 0.717) is 21.8 Å². The van der Waals surface area contributed by atoms with Gasteiger partial charge in [0.2, 0.25) is 0 Å².